The summed E-state index contributed by atoms with van der Waals surface area (Å²) in [5, 5.41) is 26.1. The van der Waals surface area contributed by atoms with E-state index in [-0.39, 0.29) is 28.7 Å². The van der Waals surface area contributed by atoms with Gasteiger partial charge in [-0.1, -0.05) is 6.07 Å². The van der Waals surface area contributed by atoms with Crippen LogP contribution in [0, 0.1) is 16.0 Å². The molecule has 2 aromatic rings. The van der Waals surface area contributed by atoms with Crippen molar-refractivity contribution in [2.75, 3.05) is 20.1 Å². The molecule has 3 heterocycles. The average Bonchev–Trinajstić information content (AvgIpc) is 3.51. The van der Waals surface area contributed by atoms with E-state index in [9.17, 15) is 20.0 Å². The molecule has 10 heteroatoms. The van der Waals surface area contributed by atoms with E-state index in [0.717, 1.165) is 33.6 Å². The predicted molar refractivity (Wildman–Crippen MR) is 147 cm³/mol. The summed E-state index contributed by atoms with van der Waals surface area (Å²) in [7, 11) is 1.77. The number of thiophene rings is 1. The van der Waals surface area contributed by atoms with Gasteiger partial charge < -0.3 is 14.7 Å². The summed E-state index contributed by atoms with van der Waals surface area (Å²) in [5.41, 5.74) is -0.231. The Kier molecular flexibility index (Phi) is 5.52. The number of likely N-dealkylation sites (N-methyl/N-ethyl adjacent to an activating group) is 1. The van der Waals surface area contributed by atoms with E-state index in [1.807, 2.05) is 17.5 Å². The van der Waals surface area contributed by atoms with Crippen molar-refractivity contribution in [1.29, 1.82) is 0 Å². The van der Waals surface area contributed by atoms with Crippen LogP contribution < -0.4 is 4.74 Å². The largest absolute Gasteiger partial charge is 0.504 e. The highest BCUT2D eigenvalue weighted by atomic mass is 79.9. The monoisotopic (exact) mass is 599 g/mol. The molecule has 3 fully saturated rings. The zero-order valence-electron chi connectivity index (χ0n) is 21.1. The number of rotatable bonds is 6. The van der Waals surface area contributed by atoms with Crippen LogP contribution in [0.4, 0.5) is 0 Å². The van der Waals surface area contributed by atoms with Gasteiger partial charge in [-0.25, -0.2) is 0 Å². The van der Waals surface area contributed by atoms with Gasteiger partial charge in [0.15, 0.2) is 11.5 Å². The van der Waals surface area contributed by atoms with E-state index in [1.54, 1.807) is 41.5 Å². The number of likely N-dealkylation sites (tertiary alicyclic amines) is 1. The van der Waals surface area contributed by atoms with Crippen molar-refractivity contribution in [2.24, 2.45) is 5.92 Å². The van der Waals surface area contributed by atoms with Crippen LogP contribution >= 0.6 is 27.3 Å². The highest BCUT2D eigenvalue weighted by molar-refractivity contribution is 9.10. The average molecular weight is 601 g/mol. The van der Waals surface area contributed by atoms with Gasteiger partial charge in [0.25, 0.3) is 5.54 Å². The molecule has 7 rings (SSSR count). The maximum Gasteiger partial charge on any atom is 0.251 e. The van der Waals surface area contributed by atoms with Gasteiger partial charge in [-0.2, -0.15) is 0 Å². The van der Waals surface area contributed by atoms with Crippen LogP contribution in [0.3, 0.4) is 0 Å². The van der Waals surface area contributed by atoms with E-state index < -0.39 is 17.1 Å². The normalized spacial score (nSPS) is 33.2. The predicted octanol–water partition coefficient (Wildman–Crippen LogP) is 4.61. The molecular formula is C28H30BrN3O5S. The standard InChI is InChI=1S/C28H30BrN3O5S/c1-30(23(34)7-5-19-13-18(29)15-38-19)20-8-9-28(32(35)36)22-12-17-4-6-21(33)25-24(17)27(28,26(20)37-25)10-11-31(22)14-16-2-3-16/h4-7,13,15-16,20,22,26,33H,2-3,8-12,14H2,1H3/b7-5+/t20-,22+,26-,27-,28+/m0/s1. The van der Waals surface area contributed by atoms with Crippen molar-refractivity contribution >= 4 is 39.2 Å². The number of phenolic OH excluding ortho intramolecular Hbond substituents is 1. The molecule has 1 N–H and O–H groups in total. The van der Waals surface area contributed by atoms with Crippen LogP contribution in [0.5, 0.6) is 11.5 Å². The summed E-state index contributed by atoms with van der Waals surface area (Å²) in [6, 6.07) is 4.98. The number of phenols is 1. The molecule has 2 aliphatic heterocycles. The van der Waals surface area contributed by atoms with Crippen molar-refractivity contribution < 1.29 is 19.6 Å². The molecule has 1 spiro atoms. The lowest BCUT2D eigenvalue weighted by molar-refractivity contribution is -0.606. The van der Waals surface area contributed by atoms with Gasteiger partial charge in [0, 0.05) is 51.3 Å². The number of carbonyl (C=O) groups excluding carboxylic acids is 1. The van der Waals surface area contributed by atoms with Crippen LogP contribution in [0.2, 0.25) is 0 Å². The maximum absolute atomic E-state index is 13.4. The van der Waals surface area contributed by atoms with Crippen LogP contribution in [0.25, 0.3) is 6.08 Å². The van der Waals surface area contributed by atoms with Gasteiger partial charge >= 0.3 is 0 Å². The van der Waals surface area contributed by atoms with Gasteiger partial charge in [-0.05, 0) is 84.3 Å². The molecule has 1 aromatic heterocycles. The summed E-state index contributed by atoms with van der Waals surface area (Å²) in [4.78, 5) is 31.7. The minimum atomic E-state index is -1.21. The molecule has 5 aliphatic rings. The number of amides is 1. The molecule has 3 aliphatic carbocycles. The number of nitrogens with zero attached hydrogens (tertiary/aromatic N) is 3. The minimum Gasteiger partial charge on any atom is -0.504 e. The van der Waals surface area contributed by atoms with Gasteiger partial charge in [-0.15, -0.1) is 11.3 Å². The first-order valence-electron chi connectivity index (χ1n) is 13.4. The molecule has 1 saturated heterocycles. The second kappa shape index (κ2) is 8.53. The zero-order chi connectivity index (χ0) is 26.4. The molecule has 8 nitrogen and oxygen atoms in total. The highest BCUT2D eigenvalue weighted by Gasteiger charge is 2.80. The Morgan fingerprint density at radius 2 is 2.18 bits per heavy atom. The number of carbonyl (C=O) groups is 1. The number of aromatic hydroxyl groups is 1. The molecule has 200 valence electrons. The smallest absolute Gasteiger partial charge is 0.251 e. The Morgan fingerprint density at radius 3 is 2.89 bits per heavy atom. The van der Waals surface area contributed by atoms with E-state index in [1.165, 1.54) is 12.8 Å². The lowest BCUT2D eigenvalue weighted by atomic mass is 9.46. The quantitative estimate of drug-likeness (QED) is 0.296. The Hall–Kier alpha value is -2.43. The van der Waals surface area contributed by atoms with E-state index in [0.29, 0.717) is 37.4 Å². The van der Waals surface area contributed by atoms with E-state index >= 15 is 0 Å². The summed E-state index contributed by atoms with van der Waals surface area (Å²) in [5.74, 6) is 0.891. The molecule has 38 heavy (non-hydrogen) atoms. The first kappa shape index (κ1) is 24.6. The molecule has 2 bridgehead atoms. The van der Waals surface area contributed by atoms with Crippen molar-refractivity contribution in [1.82, 2.24) is 9.80 Å². The van der Waals surface area contributed by atoms with Gasteiger partial charge in [0.05, 0.1) is 12.1 Å². The topological polar surface area (TPSA) is 96.2 Å². The molecule has 5 atom stereocenters. The number of nitro groups is 1. The number of ether oxygens (including phenoxy) is 1. The second-order valence-electron chi connectivity index (χ2n) is 11.6. The van der Waals surface area contributed by atoms with Crippen LogP contribution in [0.15, 0.2) is 34.1 Å². The third-order valence-electron chi connectivity index (χ3n) is 9.88. The third kappa shape index (κ3) is 3.26. The number of hydrogen-bond donors (Lipinski definition) is 1. The summed E-state index contributed by atoms with van der Waals surface area (Å²) in [6.07, 6.45) is 7.21. The Labute approximate surface area is 233 Å². The van der Waals surface area contributed by atoms with Crippen LogP contribution in [-0.2, 0) is 16.6 Å². The van der Waals surface area contributed by atoms with Gasteiger partial charge in [-0.3, -0.25) is 19.8 Å². The molecule has 2 saturated carbocycles. The second-order valence-corrected chi connectivity index (χ2v) is 13.5. The van der Waals surface area contributed by atoms with Crippen molar-refractivity contribution in [2.45, 2.75) is 67.7 Å². The van der Waals surface area contributed by atoms with Gasteiger partial charge in [0.1, 0.15) is 11.5 Å². The Bertz CT molecular complexity index is 1370. The molecule has 0 radical (unpaired) electrons. The number of piperidine rings is 1. The molecular weight excluding hydrogens is 570 g/mol. The lowest BCUT2D eigenvalue weighted by Gasteiger charge is -2.61. The Morgan fingerprint density at radius 1 is 1.37 bits per heavy atom. The summed E-state index contributed by atoms with van der Waals surface area (Å²) < 4.78 is 7.54. The molecule has 1 amide bonds. The van der Waals surface area contributed by atoms with Crippen molar-refractivity contribution in [3.05, 3.63) is 60.2 Å². The number of benzene rings is 1. The van der Waals surface area contributed by atoms with Crippen LogP contribution in [-0.4, -0.2) is 69.6 Å². The lowest BCUT2D eigenvalue weighted by Crippen LogP contribution is -2.80. The number of hydrogen-bond acceptors (Lipinski definition) is 7. The summed E-state index contributed by atoms with van der Waals surface area (Å²) in [6.45, 7) is 1.68. The van der Waals surface area contributed by atoms with Gasteiger partial charge in [0.2, 0.25) is 5.91 Å². The number of halogens is 1. The fourth-order valence-electron chi connectivity index (χ4n) is 8.08. The first-order valence-corrected chi connectivity index (χ1v) is 15.0. The Balaban J connectivity index is 1.31. The van der Waals surface area contributed by atoms with E-state index in [2.05, 4.69) is 20.8 Å². The summed E-state index contributed by atoms with van der Waals surface area (Å²) >= 11 is 4.99. The van der Waals surface area contributed by atoms with Crippen molar-refractivity contribution in [3.63, 3.8) is 0 Å². The SMILES string of the molecule is CN(C(=O)/C=C/c1cc(Br)cs1)[C@H]1CC[C@@]2([N+](=O)[O-])[C@H]3Cc4ccc(O)c5c4[C@@]2(CCN3CC2CC2)[C@H]1O5. The van der Waals surface area contributed by atoms with Crippen molar-refractivity contribution in [3.8, 4) is 11.5 Å². The fourth-order valence-corrected chi connectivity index (χ4v) is 9.41. The zero-order valence-corrected chi connectivity index (χ0v) is 23.5. The van der Waals surface area contributed by atoms with E-state index in [4.69, 9.17) is 4.74 Å². The first-order chi connectivity index (χ1) is 18.3. The maximum atomic E-state index is 13.4. The molecule has 0 unspecified atom stereocenters. The van der Waals surface area contributed by atoms with Crippen LogP contribution in [0.1, 0.15) is 48.1 Å². The fraction of sp³-hybridized carbons (Fsp3) is 0.536. The molecule has 1 aromatic carbocycles. The third-order valence-corrected chi connectivity index (χ3v) is 11.5. The minimum absolute atomic E-state index is 0.0121. The highest BCUT2D eigenvalue weighted by Crippen LogP contribution is 2.67.